The second-order valence-electron chi connectivity index (χ2n) is 8.72. The first-order chi connectivity index (χ1) is 15.6. The lowest BCUT2D eigenvalue weighted by atomic mass is 9.93. The topological polar surface area (TPSA) is 92.9 Å². The number of ketones is 1. The van der Waals surface area contributed by atoms with Crippen molar-refractivity contribution in [1.82, 2.24) is 5.16 Å². The quantitative estimate of drug-likeness (QED) is 0.288. The summed E-state index contributed by atoms with van der Waals surface area (Å²) in [5.74, 6) is -0.682. The van der Waals surface area contributed by atoms with E-state index in [-0.39, 0.29) is 22.6 Å². The molecule has 3 aromatic rings. The van der Waals surface area contributed by atoms with Crippen molar-refractivity contribution in [3.05, 3.63) is 81.5 Å². The standard InChI is InChI=1S/C25H23BrN2O5/c1-25(2,3)18-13-19(27-33-18)28-21(16-7-5-6-8-17(16)32-4)20(23(30)24(28)31)22(29)14-9-11-15(26)12-10-14/h5-13,21,29H,1-4H3/b22-20+/t21-/m1/s1. The van der Waals surface area contributed by atoms with Crippen LogP contribution in [0.1, 0.15) is 43.7 Å². The monoisotopic (exact) mass is 510 g/mol. The molecule has 1 aliphatic rings. The molecule has 0 saturated carbocycles. The molecule has 170 valence electrons. The summed E-state index contributed by atoms with van der Waals surface area (Å²) in [7, 11) is 1.51. The number of carbonyl (C=O) groups is 2. The van der Waals surface area contributed by atoms with Crippen LogP contribution in [-0.2, 0) is 15.0 Å². The molecule has 0 spiro atoms. The molecule has 1 atom stereocenters. The fourth-order valence-electron chi connectivity index (χ4n) is 3.75. The Morgan fingerprint density at radius 2 is 1.79 bits per heavy atom. The zero-order valence-corrected chi connectivity index (χ0v) is 20.2. The minimum absolute atomic E-state index is 0.0490. The number of aromatic nitrogens is 1. The molecule has 7 nitrogen and oxygen atoms in total. The van der Waals surface area contributed by atoms with Gasteiger partial charge >= 0.3 is 5.91 Å². The number of hydrogen-bond acceptors (Lipinski definition) is 6. The summed E-state index contributed by atoms with van der Waals surface area (Å²) < 4.78 is 11.8. The van der Waals surface area contributed by atoms with Crippen LogP contribution in [-0.4, -0.2) is 29.1 Å². The van der Waals surface area contributed by atoms with Crippen LogP contribution in [0.2, 0.25) is 0 Å². The molecule has 1 fully saturated rings. The van der Waals surface area contributed by atoms with Gasteiger partial charge in [-0.25, -0.2) is 0 Å². The summed E-state index contributed by atoms with van der Waals surface area (Å²) in [6, 6.07) is 14.6. The average molecular weight is 511 g/mol. The number of aliphatic hydroxyl groups is 1. The van der Waals surface area contributed by atoms with E-state index in [0.717, 1.165) is 4.47 Å². The molecule has 0 bridgehead atoms. The van der Waals surface area contributed by atoms with E-state index in [1.165, 1.54) is 12.0 Å². The SMILES string of the molecule is COc1ccccc1[C@@H]1/C(=C(\O)c2ccc(Br)cc2)C(=O)C(=O)N1c1cc(C(C)(C)C)on1. The summed E-state index contributed by atoms with van der Waals surface area (Å²) >= 11 is 3.36. The van der Waals surface area contributed by atoms with Gasteiger partial charge in [0.15, 0.2) is 5.82 Å². The number of hydrogen-bond donors (Lipinski definition) is 1. The molecule has 2 aromatic carbocycles. The van der Waals surface area contributed by atoms with E-state index in [1.54, 1.807) is 54.6 Å². The van der Waals surface area contributed by atoms with Crippen molar-refractivity contribution in [3.8, 4) is 5.75 Å². The Hall–Kier alpha value is -3.39. The van der Waals surface area contributed by atoms with Gasteiger partial charge in [0, 0.05) is 27.1 Å². The van der Waals surface area contributed by atoms with Crippen molar-refractivity contribution >= 4 is 39.2 Å². The third kappa shape index (κ3) is 4.06. The molecule has 1 saturated heterocycles. The van der Waals surface area contributed by atoms with Crippen molar-refractivity contribution in [2.24, 2.45) is 0 Å². The number of aliphatic hydroxyl groups excluding tert-OH is 1. The smallest absolute Gasteiger partial charge is 0.301 e. The number of ether oxygens (including phenoxy) is 1. The molecular weight excluding hydrogens is 488 g/mol. The first-order valence-corrected chi connectivity index (χ1v) is 11.1. The highest BCUT2D eigenvalue weighted by Crippen LogP contribution is 2.45. The number of Topliss-reactive ketones (excluding diaryl/α,β-unsaturated/α-hetero) is 1. The molecule has 0 aliphatic carbocycles. The Morgan fingerprint density at radius 3 is 2.39 bits per heavy atom. The van der Waals surface area contributed by atoms with Gasteiger partial charge in [-0.05, 0) is 18.2 Å². The maximum atomic E-state index is 13.2. The van der Waals surface area contributed by atoms with Crippen LogP contribution in [0, 0.1) is 0 Å². The summed E-state index contributed by atoms with van der Waals surface area (Å²) in [6.45, 7) is 5.87. The third-order valence-electron chi connectivity index (χ3n) is 5.48. The molecule has 2 heterocycles. The van der Waals surface area contributed by atoms with Crippen molar-refractivity contribution in [3.63, 3.8) is 0 Å². The second kappa shape index (κ2) is 8.51. The van der Waals surface area contributed by atoms with Gasteiger partial charge < -0.3 is 14.4 Å². The van der Waals surface area contributed by atoms with Gasteiger partial charge in [-0.3, -0.25) is 14.5 Å². The summed E-state index contributed by atoms with van der Waals surface area (Å²) in [6.07, 6.45) is 0. The van der Waals surface area contributed by atoms with Crippen molar-refractivity contribution in [2.45, 2.75) is 32.2 Å². The van der Waals surface area contributed by atoms with E-state index in [1.807, 2.05) is 20.8 Å². The molecule has 1 aromatic heterocycles. The fourth-order valence-corrected chi connectivity index (χ4v) is 4.02. The van der Waals surface area contributed by atoms with E-state index in [9.17, 15) is 14.7 Å². The van der Waals surface area contributed by atoms with Crippen molar-refractivity contribution < 1.29 is 24.0 Å². The molecule has 1 N–H and O–H groups in total. The van der Waals surface area contributed by atoms with Crippen LogP contribution in [0.15, 0.2) is 69.2 Å². The van der Waals surface area contributed by atoms with Gasteiger partial charge in [0.25, 0.3) is 5.78 Å². The van der Waals surface area contributed by atoms with Gasteiger partial charge in [0.05, 0.1) is 12.7 Å². The van der Waals surface area contributed by atoms with Crippen LogP contribution in [0.3, 0.4) is 0 Å². The maximum Gasteiger partial charge on any atom is 0.301 e. The van der Waals surface area contributed by atoms with Gasteiger partial charge in [0.1, 0.15) is 23.3 Å². The van der Waals surface area contributed by atoms with Crippen LogP contribution >= 0.6 is 15.9 Å². The number of halogens is 1. The predicted octanol–water partition coefficient (Wildman–Crippen LogP) is 5.37. The molecule has 33 heavy (non-hydrogen) atoms. The summed E-state index contributed by atoms with van der Waals surface area (Å²) in [5.41, 5.74) is 0.549. The largest absolute Gasteiger partial charge is 0.507 e. The highest BCUT2D eigenvalue weighted by molar-refractivity contribution is 9.10. The number of carbonyl (C=O) groups excluding carboxylic acids is 2. The first-order valence-electron chi connectivity index (χ1n) is 10.3. The van der Waals surface area contributed by atoms with Gasteiger partial charge in [-0.1, -0.05) is 72.2 Å². The van der Waals surface area contributed by atoms with E-state index < -0.39 is 17.7 Å². The van der Waals surface area contributed by atoms with E-state index in [0.29, 0.717) is 22.6 Å². The zero-order valence-electron chi connectivity index (χ0n) is 18.6. The van der Waals surface area contributed by atoms with Gasteiger partial charge in [-0.2, -0.15) is 0 Å². The average Bonchev–Trinajstić information content (AvgIpc) is 3.37. The first kappa shape index (κ1) is 22.8. The number of amides is 1. The number of rotatable bonds is 4. The Morgan fingerprint density at radius 1 is 1.12 bits per heavy atom. The maximum absolute atomic E-state index is 13.2. The summed E-state index contributed by atoms with van der Waals surface area (Å²) in [4.78, 5) is 27.7. The predicted molar refractivity (Wildman–Crippen MR) is 127 cm³/mol. The molecule has 0 radical (unpaired) electrons. The van der Waals surface area contributed by atoms with E-state index >= 15 is 0 Å². The van der Waals surface area contributed by atoms with E-state index in [4.69, 9.17) is 9.26 Å². The third-order valence-corrected chi connectivity index (χ3v) is 6.01. The molecule has 4 rings (SSSR count). The van der Waals surface area contributed by atoms with Gasteiger partial charge in [-0.15, -0.1) is 0 Å². The minimum atomic E-state index is -0.956. The Labute approximate surface area is 199 Å². The lowest BCUT2D eigenvalue weighted by Gasteiger charge is -2.24. The van der Waals surface area contributed by atoms with Crippen LogP contribution < -0.4 is 9.64 Å². The number of nitrogens with zero attached hydrogens (tertiary/aromatic N) is 2. The highest BCUT2D eigenvalue weighted by Gasteiger charge is 2.49. The number of benzene rings is 2. The van der Waals surface area contributed by atoms with Crippen LogP contribution in [0.4, 0.5) is 5.82 Å². The highest BCUT2D eigenvalue weighted by atomic mass is 79.9. The summed E-state index contributed by atoms with van der Waals surface area (Å²) in [5, 5.41) is 15.3. The zero-order chi connectivity index (χ0) is 23.9. The minimum Gasteiger partial charge on any atom is -0.507 e. The number of anilines is 1. The Kier molecular flexibility index (Phi) is 5.88. The number of methoxy groups -OCH3 is 1. The Bertz CT molecular complexity index is 1250. The second-order valence-corrected chi connectivity index (χ2v) is 9.63. The molecular formula is C25H23BrN2O5. The normalized spacial score (nSPS) is 18.1. The molecule has 0 unspecified atom stereocenters. The van der Waals surface area contributed by atoms with Gasteiger partial charge in [0.2, 0.25) is 0 Å². The molecule has 1 amide bonds. The van der Waals surface area contributed by atoms with Crippen LogP contribution in [0.25, 0.3) is 5.76 Å². The van der Waals surface area contributed by atoms with Crippen molar-refractivity contribution in [2.75, 3.05) is 12.0 Å². The number of para-hydroxylation sites is 1. The fraction of sp³-hybridized carbons (Fsp3) is 0.240. The molecule has 1 aliphatic heterocycles. The Balaban J connectivity index is 1.96. The molecule has 8 heteroatoms. The lowest BCUT2D eigenvalue weighted by Crippen LogP contribution is -2.30. The van der Waals surface area contributed by atoms with Crippen molar-refractivity contribution in [1.29, 1.82) is 0 Å². The van der Waals surface area contributed by atoms with E-state index in [2.05, 4.69) is 21.1 Å². The van der Waals surface area contributed by atoms with Crippen LogP contribution in [0.5, 0.6) is 5.75 Å². The lowest BCUT2D eigenvalue weighted by molar-refractivity contribution is -0.132.